The number of amides is 1. The van der Waals surface area contributed by atoms with E-state index >= 15 is 0 Å². The van der Waals surface area contributed by atoms with Crippen molar-refractivity contribution in [2.24, 2.45) is 35.0 Å². The molecule has 0 heterocycles. The zero-order valence-electron chi connectivity index (χ0n) is 21.4. The number of hydrogen-bond donors (Lipinski definition) is 1. The number of alkyl halides is 3. The topological polar surface area (TPSA) is 133 Å². The van der Waals surface area contributed by atoms with Crippen LogP contribution >= 0.6 is 0 Å². The molecule has 13 heteroatoms. The smallest absolute Gasteiger partial charge is 0.462 e. The number of ketones is 1. The van der Waals surface area contributed by atoms with Crippen LogP contribution in [0.5, 0.6) is 0 Å². The summed E-state index contributed by atoms with van der Waals surface area (Å²) in [7, 11) is -5.58. The maximum atomic E-state index is 12.2. The van der Waals surface area contributed by atoms with Gasteiger partial charge >= 0.3 is 27.5 Å². The highest BCUT2D eigenvalue weighted by atomic mass is 32.2. The van der Waals surface area contributed by atoms with Crippen LogP contribution in [0.1, 0.15) is 67.2 Å². The number of rotatable bonds is 9. The average Bonchev–Trinajstić information content (AvgIpc) is 3.30. The molecule has 2 aliphatic rings. The monoisotopic (exact) mass is 543 g/mol. The van der Waals surface area contributed by atoms with Crippen LogP contribution < -0.4 is 4.72 Å². The summed E-state index contributed by atoms with van der Waals surface area (Å²) >= 11 is 0. The molecule has 5 atom stereocenters. The van der Waals surface area contributed by atoms with Gasteiger partial charge in [0.2, 0.25) is 5.91 Å². The van der Waals surface area contributed by atoms with Crippen molar-refractivity contribution in [3.05, 3.63) is 0 Å². The van der Waals surface area contributed by atoms with Crippen molar-refractivity contribution < 1.29 is 50.2 Å². The van der Waals surface area contributed by atoms with Crippen LogP contribution in [0.3, 0.4) is 0 Å². The van der Waals surface area contributed by atoms with Crippen molar-refractivity contribution in [2.75, 3.05) is 13.2 Å². The SMILES string of the molecule is CC1C2CC(C(=O)NS(=O)(=O)C(F)(F)F)C(C2)C1C.CCC(C)(C)C(=O)OCCOC(=O)CC(C)=O. The van der Waals surface area contributed by atoms with Crippen LogP contribution in [-0.2, 0) is 38.7 Å². The van der Waals surface area contributed by atoms with E-state index in [4.69, 9.17) is 9.47 Å². The maximum absolute atomic E-state index is 12.2. The van der Waals surface area contributed by atoms with E-state index in [9.17, 15) is 40.8 Å². The first kappa shape index (κ1) is 31.8. The number of nitrogens with one attached hydrogen (secondary N) is 1. The number of ether oxygens (including phenoxy) is 2. The van der Waals surface area contributed by atoms with Gasteiger partial charge in [-0.1, -0.05) is 20.8 Å². The number of fused-ring (bicyclic) bond motifs is 2. The lowest BCUT2D eigenvalue weighted by Gasteiger charge is -2.30. The third-order valence-corrected chi connectivity index (χ3v) is 8.26. The maximum Gasteiger partial charge on any atom is 0.516 e. The first-order valence-electron chi connectivity index (χ1n) is 11.8. The summed E-state index contributed by atoms with van der Waals surface area (Å²) in [6.45, 7) is 10.8. The van der Waals surface area contributed by atoms with E-state index in [1.807, 2.05) is 13.8 Å². The normalized spacial score (nSPS) is 25.4. The van der Waals surface area contributed by atoms with Gasteiger partial charge in [0.05, 0.1) is 5.41 Å². The Balaban J connectivity index is 0.000000363. The number of esters is 2. The van der Waals surface area contributed by atoms with E-state index in [1.54, 1.807) is 13.8 Å². The number of halogens is 3. The molecule has 1 N–H and O–H groups in total. The average molecular weight is 544 g/mol. The molecule has 2 saturated carbocycles. The van der Waals surface area contributed by atoms with Gasteiger partial charge < -0.3 is 9.47 Å². The molecule has 0 spiro atoms. The number of Topliss-reactive ketones (excluding diaryl/α,β-unsaturated/α-hetero) is 1. The van der Waals surface area contributed by atoms with E-state index in [2.05, 4.69) is 6.92 Å². The zero-order chi connectivity index (χ0) is 28.1. The summed E-state index contributed by atoms with van der Waals surface area (Å²) in [5, 5.41) is 0. The molecule has 36 heavy (non-hydrogen) atoms. The summed E-state index contributed by atoms with van der Waals surface area (Å²) in [4.78, 5) is 44.8. The molecule has 208 valence electrons. The molecule has 5 unspecified atom stereocenters. The molecule has 0 saturated heterocycles. The number of carbonyl (C=O) groups excluding carboxylic acids is 4. The molecule has 2 aliphatic carbocycles. The van der Waals surface area contributed by atoms with Crippen molar-refractivity contribution in [3.63, 3.8) is 0 Å². The van der Waals surface area contributed by atoms with E-state index in [1.165, 1.54) is 11.6 Å². The van der Waals surface area contributed by atoms with Gasteiger partial charge in [0.25, 0.3) is 0 Å². The van der Waals surface area contributed by atoms with Gasteiger partial charge in [-0.25, -0.2) is 4.72 Å². The molecule has 0 aromatic rings. The molecule has 2 bridgehead atoms. The molecule has 0 aromatic heterocycles. The zero-order valence-corrected chi connectivity index (χ0v) is 22.3. The van der Waals surface area contributed by atoms with Crippen molar-refractivity contribution in [3.8, 4) is 0 Å². The molecule has 2 rings (SSSR count). The lowest BCUT2D eigenvalue weighted by molar-refractivity contribution is -0.159. The highest BCUT2D eigenvalue weighted by Gasteiger charge is 2.53. The number of carbonyl (C=O) groups is 4. The fourth-order valence-corrected chi connectivity index (χ4v) is 4.92. The van der Waals surface area contributed by atoms with E-state index in [0.717, 1.165) is 6.42 Å². The molecular formula is C23H36F3NO8S. The number of sulfonamides is 1. The molecule has 0 aromatic carbocycles. The van der Waals surface area contributed by atoms with Gasteiger partial charge in [0, 0.05) is 5.92 Å². The van der Waals surface area contributed by atoms with Crippen LogP contribution in [0, 0.1) is 35.0 Å². The summed E-state index contributed by atoms with van der Waals surface area (Å²) in [5.74, 6) is -1.81. The molecular weight excluding hydrogens is 507 g/mol. The first-order valence-corrected chi connectivity index (χ1v) is 13.3. The van der Waals surface area contributed by atoms with Crippen molar-refractivity contribution in [2.45, 2.75) is 72.7 Å². The Morgan fingerprint density at radius 2 is 1.53 bits per heavy atom. The van der Waals surface area contributed by atoms with Crippen molar-refractivity contribution >= 4 is 33.7 Å². The third kappa shape index (κ3) is 8.45. The standard InChI is InChI=1S/C12H20O5.C11H16F3NO3S/c1-5-12(3,4)11(15)17-7-6-16-10(14)8-9(2)13;1-5-6(2)8-3-7(5)4-9(8)10(16)15-19(17,18)11(12,13)14/h5-8H2,1-4H3;5-9H,3-4H2,1-2H3,(H,15,16). The van der Waals surface area contributed by atoms with Crippen LogP contribution in [0.15, 0.2) is 0 Å². The lowest BCUT2D eigenvalue weighted by Crippen LogP contribution is -2.45. The minimum atomic E-state index is -5.58. The highest BCUT2D eigenvalue weighted by molar-refractivity contribution is 7.90. The largest absolute Gasteiger partial charge is 0.516 e. The van der Waals surface area contributed by atoms with E-state index < -0.39 is 38.7 Å². The summed E-state index contributed by atoms with van der Waals surface area (Å²) in [6.07, 6.45) is 1.71. The second-order valence-electron chi connectivity index (χ2n) is 10.1. The predicted molar refractivity (Wildman–Crippen MR) is 122 cm³/mol. The Kier molecular flexibility index (Phi) is 10.9. The highest BCUT2D eigenvalue weighted by Crippen LogP contribution is 2.55. The van der Waals surface area contributed by atoms with Gasteiger partial charge in [-0.05, 0) is 63.7 Å². The summed E-state index contributed by atoms with van der Waals surface area (Å²) in [6, 6.07) is 0. The minimum Gasteiger partial charge on any atom is -0.462 e. The molecule has 0 aliphatic heterocycles. The van der Waals surface area contributed by atoms with Gasteiger partial charge in [-0.15, -0.1) is 0 Å². The van der Waals surface area contributed by atoms with Crippen molar-refractivity contribution in [1.29, 1.82) is 0 Å². The molecule has 1 amide bonds. The first-order chi connectivity index (χ1) is 16.3. The van der Waals surface area contributed by atoms with Crippen LogP contribution in [0.2, 0.25) is 0 Å². The summed E-state index contributed by atoms with van der Waals surface area (Å²) < 4.78 is 69.3. The second-order valence-corrected chi connectivity index (χ2v) is 11.8. The Bertz CT molecular complexity index is 930. The fraction of sp³-hybridized carbons (Fsp3) is 0.826. The summed E-state index contributed by atoms with van der Waals surface area (Å²) in [5.41, 5.74) is -5.97. The van der Waals surface area contributed by atoms with Crippen LogP contribution in [-0.4, -0.2) is 50.8 Å². The molecule has 0 radical (unpaired) electrons. The molecule has 2 fully saturated rings. The Morgan fingerprint density at radius 1 is 0.972 bits per heavy atom. The van der Waals surface area contributed by atoms with E-state index in [-0.39, 0.29) is 43.2 Å². The van der Waals surface area contributed by atoms with Crippen LogP contribution in [0.4, 0.5) is 13.2 Å². The lowest BCUT2D eigenvalue weighted by atomic mass is 9.75. The Hall–Kier alpha value is -2.18. The minimum absolute atomic E-state index is 0.0107. The second kappa shape index (κ2) is 12.4. The van der Waals surface area contributed by atoms with E-state index in [0.29, 0.717) is 24.7 Å². The third-order valence-electron chi connectivity index (χ3n) is 7.18. The van der Waals surface area contributed by atoms with Gasteiger partial charge in [0.15, 0.2) is 0 Å². The fourth-order valence-electron chi connectivity index (χ4n) is 4.39. The Labute approximate surface area is 209 Å². The molecule has 9 nitrogen and oxygen atoms in total. The predicted octanol–water partition coefficient (Wildman–Crippen LogP) is 3.37. The number of hydrogen-bond acceptors (Lipinski definition) is 8. The van der Waals surface area contributed by atoms with Gasteiger partial charge in [-0.3, -0.25) is 19.2 Å². The quantitative estimate of drug-likeness (QED) is 0.266. The van der Waals surface area contributed by atoms with Gasteiger partial charge in [0.1, 0.15) is 25.4 Å². The van der Waals surface area contributed by atoms with Crippen molar-refractivity contribution in [1.82, 2.24) is 4.72 Å². The Morgan fingerprint density at radius 3 is 1.97 bits per heavy atom. The van der Waals surface area contributed by atoms with Gasteiger partial charge in [-0.2, -0.15) is 21.6 Å². The van der Waals surface area contributed by atoms with Crippen LogP contribution in [0.25, 0.3) is 0 Å².